The van der Waals surface area contributed by atoms with Gasteiger partial charge in [0.15, 0.2) is 6.61 Å². The van der Waals surface area contributed by atoms with Gasteiger partial charge in [-0.1, -0.05) is 25.5 Å². The molecule has 1 aromatic heterocycles. The van der Waals surface area contributed by atoms with Crippen LogP contribution in [-0.2, 0) is 11.2 Å². The summed E-state index contributed by atoms with van der Waals surface area (Å²) >= 11 is 0. The number of fused-ring (bicyclic) bond motifs is 1. The van der Waals surface area contributed by atoms with Gasteiger partial charge in [-0.2, -0.15) is 0 Å². The number of amides is 1. The smallest absolute Gasteiger partial charge is 0.262 e. The number of hydrogen-bond donors (Lipinski definition) is 1. The molecule has 0 unspecified atom stereocenters. The molecular weight excluding hydrogens is 400 g/mol. The maximum atomic E-state index is 12.4. The summed E-state index contributed by atoms with van der Waals surface area (Å²) in [5.41, 5.74) is 4.13. The van der Waals surface area contributed by atoms with Crippen LogP contribution in [0.1, 0.15) is 24.5 Å². The third-order valence-corrected chi connectivity index (χ3v) is 5.94. The lowest BCUT2D eigenvalue weighted by molar-refractivity contribution is -0.118. The lowest BCUT2D eigenvalue weighted by atomic mass is 10.1. The number of carbonyl (C=O) groups excluding carboxylic acids is 1. The van der Waals surface area contributed by atoms with Crippen LogP contribution < -0.4 is 15.0 Å². The van der Waals surface area contributed by atoms with Gasteiger partial charge in [0, 0.05) is 37.3 Å². The van der Waals surface area contributed by atoms with E-state index in [-0.39, 0.29) is 12.5 Å². The molecule has 0 spiro atoms. The van der Waals surface area contributed by atoms with Crippen molar-refractivity contribution in [3.8, 4) is 5.75 Å². The van der Waals surface area contributed by atoms with Gasteiger partial charge in [0.05, 0.1) is 5.52 Å². The molecule has 1 fully saturated rings. The SMILES string of the molecule is CCCc1ccc(OCC(=O)Nc2ccc3nc(N4CCN(C)CC4)cc(C)c3c2)cc1. The summed E-state index contributed by atoms with van der Waals surface area (Å²) in [6.07, 6.45) is 2.16. The van der Waals surface area contributed by atoms with Gasteiger partial charge in [0.1, 0.15) is 11.6 Å². The number of nitrogens with zero attached hydrogens (tertiary/aromatic N) is 3. The molecule has 2 aromatic carbocycles. The van der Waals surface area contributed by atoms with Gasteiger partial charge in [0.2, 0.25) is 0 Å². The van der Waals surface area contributed by atoms with Crippen LogP contribution in [0.2, 0.25) is 0 Å². The largest absolute Gasteiger partial charge is 0.484 e. The molecule has 1 N–H and O–H groups in total. The van der Waals surface area contributed by atoms with Crippen molar-refractivity contribution in [1.29, 1.82) is 0 Å². The maximum absolute atomic E-state index is 12.4. The van der Waals surface area contributed by atoms with Gasteiger partial charge >= 0.3 is 0 Å². The molecule has 1 aliphatic rings. The molecule has 0 aliphatic carbocycles. The highest BCUT2D eigenvalue weighted by atomic mass is 16.5. The standard InChI is InChI=1S/C26H32N4O2/c1-4-5-20-6-9-22(10-7-20)32-18-26(31)27-21-8-11-24-23(17-21)19(2)16-25(28-24)30-14-12-29(3)13-15-30/h6-11,16-17H,4-5,12-15,18H2,1-3H3,(H,27,31). The molecule has 0 atom stereocenters. The molecule has 3 aromatic rings. The van der Waals surface area contributed by atoms with E-state index in [1.165, 1.54) is 5.56 Å². The number of pyridine rings is 1. The highest BCUT2D eigenvalue weighted by Gasteiger charge is 2.16. The fourth-order valence-corrected chi connectivity index (χ4v) is 4.04. The van der Waals surface area contributed by atoms with Crippen LogP contribution >= 0.6 is 0 Å². The monoisotopic (exact) mass is 432 g/mol. The zero-order valence-electron chi connectivity index (χ0n) is 19.2. The Kier molecular flexibility index (Phi) is 6.90. The number of aromatic nitrogens is 1. The van der Waals surface area contributed by atoms with Crippen LogP contribution in [0.3, 0.4) is 0 Å². The minimum Gasteiger partial charge on any atom is -0.484 e. The first-order valence-electron chi connectivity index (χ1n) is 11.4. The predicted molar refractivity (Wildman–Crippen MR) is 131 cm³/mol. The summed E-state index contributed by atoms with van der Waals surface area (Å²) in [6.45, 7) is 8.31. The van der Waals surface area contributed by atoms with Crippen molar-refractivity contribution >= 4 is 28.3 Å². The van der Waals surface area contributed by atoms with E-state index in [2.05, 4.69) is 42.1 Å². The van der Waals surface area contributed by atoms with Crippen molar-refractivity contribution in [3.05, 3.63) is 59.7 Å². The Morgan fingerprint density at radius 3 is 2.53 bits per heavy atom. The van der Waals surface area contributed by atoms with Crippen LogP contribution in [0, 0.1) is 6.92 Å². The van der Waals surface area contributed by atoms with Gasteiger partial charge in [-0.25, -0.2) is 4.98 Å². The van der Waals surface area contributed by atoms with Crippen molar-refractivity contribution < 1.29 is 9.53 Å². The molecule has 1 saturated heterocycles. The molecule has 0 bridgehead atoms. The zero-order chi connectivity index (χ0) is 22.5. The van der Waals surface area contributed by atoms with Crippen LogP contribution in [0.5, 0.6) is 5.75 Å². The Bertz CT molecular complexity index is 1070. The average molecular weight is 433 g/mol. The van der Waals surface area contributed by atoms with Crippen molar-refractivity contribution in [2.45, 2.75) is 26.7 Å². The molecule has 2 heterocycles. The first-order valence-corrected chi connectivity index (χ1v) is 11.4. The Morgan fingerprint density at radius 1 is 1.06 bits per heavy atom. The zero-order valence-corrected chi connectivity index (χ0v) is 19.2. The number of piperazine rings is 1. The third kappa shape index (κ3) is 5.37. The second-order valence-electron chi connectivity index (χ2n) is 8.55. The topological polar surface area (TPSA) is 57.7 Å². The quantitative estimate of drug-likeness (QED) is 0.604. The summed E-state index contributed by atoms with van der Waals surface area (Å²) in [5, 5.41) is 3.99. The number of likely N-dealkylation sites (N-methyl/N-ethyl adjacent to an activating group) is 1. The summed E-state index contributed by atoms with van der Waals surface area (Å²) in [5.74, 6) is 1.55. The lowest BCUT2D eigenvalue weighted by Gasteiger charge is -2.33. The van der Waals surface area contributed by atoms with Crippen LogP contribution in [-0.4, -0.2) is 55.6 Å². The Balaban J connectivity index is 1.39. The van der Waals surface area contributed by atoms with E-state index in [0.29, 0.717) is 5.75 Å². The lowest BCUT2D eigenvalue weighted by Crippen LogP contribution is -2.44. The van der Waals surface area contributed by atoms with E-state index < -0.39 is 0 Å². The molecule has 1 amide bonds. The number of nitrogens with one attached hydrogen (secondary N) is 1. The fourth-order valence-electron chi connectivity index (χ4n) is 4.04. The molecule has 32 heavy (non-hydrogen) atoms. The molecular formula is C26H32N4O2. The van der Waals surface area contributed by atoms with Crippen molar-refractivity contribution in [2.24, 2.45) is 0 Å². The van der Waals surface area contributed by atoms with E-state index in [1.807, 2.05) is 42.5 Å². The number of carbonyl (C=O) groups is 1. The van der Waals surface area contributed by atoms with Gasteiger partial charge in [-0.15, -0.1) is 0 Å². The van der Waals surface area contributed by atoms with Gasteiger partial charge in [0.25, 0.3) is 5.91 Å². The number of benzene rings is 2. The molecule has 6 nitrogen and oxygen atoms in total. The molecule has 4 rings (SSSR count). The highest BCUT2D eigenvalue weighted by molar-refractivity contribution is 5.95. The summed E-state index contributed by atoms with van der Waals surface area (Å²) in [4.78, 5) is 22.0. The van der Waals surface area contributed by atoms with Gasteiger partial charge in [-0.3, -0.25) is 4.79 Å². The number of rotatable bonds is 7. The number of anilines is 2. The highest BCUT2D eigenvalue weighted by Crippen LogP contribution is 2.26. The number of ether oxygens (including phenoxy) is 1. The van der Waals surface area contributed by atoms with E-state index >= 15 is 0 Å². The van der Waals surface area contributed by atoms with E-state index in [9.17, 15) is 4.79 Å². The molecule has 168 valence electrons. The second kappa shape index (κ2) is 10.0. The normalized spacial score (nSPS) is 14.5. The molecule has 0 saturated carbocycles. The Hall–Kier alpha value is -3.12. The first-order chi connectivity index (χ1) is 15.5. The van der Waals surface area contributed by atoms with Crippen LogP contribution in [0.4, 0.5) is 11.5 Å². The number of aryl methyl sites for hydroxylation is 2. The van der Waals surface area contributed by atoms with E-state index in [1.54, 1.807) is 0 Å². The minimum absolute atomic E-state index is 0.0231. The van der Waals surface area contributed by atoms with Gasteiger partial charge < -0.3 is 19.9 Å². The fraction of sp³-hybridized carbons (Fsp3) is 0.385. The Labute approximate surface area is 190 Å². The Morgan fingerprint density at radius 2 is 1.81 bits per heavy atom. The minimum atomic E-state index is -0.179. The second-order valence-corrected chi connectivity index (χ2v) is 8.55. The third-order valence-electron chi connectivity index (χ3n) is 5.94. The number of hydrogen-bond acceptors (Lipinski definition) is 5. The molecule has 0 radical (unpaired) electrons. The first kappa shape index (κ1) is 22.1. The van der Waals surface area contributed by atoms with Crippen LogP contribution in [0.25, 0.3) is 10.9 Å². The van der Waals surface area contributed by atoms with Crippen LogP contribution in [0.15, 0.2) is 48.5 Å². The van der Waals surface area contributed by atoms with Crippen molar-refractivity contribution in [2.75, 3.05) is 50.1 Å². The maximum Gasteiger partial charge on any atom is 0.262 e. The molecule has 6 heteroatoms. The predicted octanol–water partition coefficient (Wildman–Crippen LogP) is 4.27. The summed E-state index contributed by atoms with van der Waals surface area (Å²) in [7, 11) is 2.15. The van der Waals surface area contributed by atoms with Gasteiger partial charge in [-0.05, 0) is 67.9 Å². The summed E-state index contributed by atoms with van der Waals surface area (Å²) < 4.78 is 5.64. The van der Waals surface area contributed by atoms with E-state index in [0.717, 1.165) is 67.0 Å². The van der Waals surface area contributed by atoms with Crippen molar-refractivity contribution in [1.82, 2.24) is 9.88 Å². The summed E-state index contributed by atoms with van der Waals surface area (Å²) in [6, 6.07) is 15.9. The van der Waals surface area contributed by atoms with Crippen molar-refractivity contribution in [3.63, 3.8) is 0 Å². The van der Waals surface area contributed by atoms with E-state index in [4.69, 9.17) is 9.72 Å². The molecule has 1 aliphatic heterocycles. The average Bonchev–Trinajstić information content (AvgIpc) is 2.79.